The summed E-state index contributed by atoms with van der Waals surface area (Å²) in [5.41, 5.74) is 0. The van der Waals surface area contributed by atoms with Crippen molar-refractivity contribution >= 4 is 11.6 Å². The van der Waals surface area contributed by atoms with Crippen LogP contribution in [0.25, 0.3) is 0 Å². The van der Waals surface area contributed by atoms with Crippen molar-refractivity contribution in [3.8, 4) is 5.75 Å². The minimum atomic E-state index is 0.439. The Kier molecular flexibility index (Phi) is 2.75. The molecule has 0 aliphatic rings. The zero-order valence-electron chi connectivity index (χ0n) is 7.44. The SMILES string of the molecule is Clc1ccc(OCc2ccco2)cc1. The van der Waals surface area contributed by atoms with Crippen molar-refractivity contribution in [3.05, 3.63) is 53.4 Å². The van der Waals surface area contributed by atoms with E-state index in [1.54, 1.807) is 18.4 Å². The van der Waals surface area contributed by atoms with Crippen molar-refractivity contribution < 1.29 is 9.15 Å². The second kappa shape index (κ2) is 4.20. The third-order valence-corrected chi connectivity index (χ3v) is 2.03. The summed E-state index contributed by atoms with van der Waals surface area (Å²) < 4.78 is 10.6. The highest BCUT2D eigenvalue weighted by molar-refractivity contribution is 6.30. The summed E-state index contributed by atoms with van der Waals surface area (Å²) in [7, 11) is 0. The fourth-order valence-corrected chi connectivity index (χ4v) is 1.21. The number of halogens is 1. The number of hydrogen-bond acceptors (Lipinski definition) is 2. The summed E-state index contributed by atoms with van der Waals surface area (Å²) in [4.78, 5) is 0. The lowest BCUT2D eigenvalue weighted by Crippen LogP contribution is -1.92. The van der Waals surface area contributed by atoms with E-state index in [-0.39, 0.29) is 0 Å². The van der Waals surface area contributed by atoms with Gasteiger partial charge in [0, 0.05) is 5.02 Å². The molecule has 2 aromatic rings. The number of benzene rings is 1. The molecule has 3 heteroatoms. The number of furan rings is 1. The number of hydrogen-bond donors (Lipinski definition) is 0. The van der Waals surface area contributed by atoms with Crippen LogP contribution < -0.4 is 4.74 Å². The molecule has 0 saturated carbocycles. The van der Waals surface area contributed by atoms with Gasteiger partial charge >= 0.3 is 0 Å². The summed E-state index contributed by atoms with van der Waals surface area (Å²) in [6, 6.07) is 10.9. The van der Waals surface area contributed by atoms with Crippen molar-refractivity contribution in [1.29, 1.82) is 0 Å². The van der Waals surface area contributed by atoms with Crippen LogP contribution in [0.5, 0.6) is 5.75 Å². The van der Waals surface area contributed by atoms with Crippen LogP contribution in [0.1, 0.15) is 5.76 Å². The maximum atomic E-state index is 5.74. The van der Waals surface area contributed by atoms with E-state index < -0.39 is 0 Å². The predicted molar refractivity (Wildman–Crippen MR) is 54.5 cm³/mol. The van der Waals surface area contributed by atoms with Crippen LogP contribution in [0.4, 0.5) is 0 Å². The van der Waals surface area contributed by atoms with Gasteiger partial charge in [0.25, 0.3) is 0 Å². The monoisotopic (exact) mass is 208 g/mol. The van der Waals surface area contributed by atoms with Crippen LogP contribution in [0.3, 0.4) is 0 Å². The van der Waals surface area contributed by atoms with Crippen LogP contribution in [0, 0.1) is 0 Å². The lowest BCUT2D eigenvalue weighted by molar-refractivity contribution is 0.270. The first-order chi connectivity index (χ1) is 6.84. The Morgan fingerprint density at radius 3 is 2.57 bits per heavy atom. The van der Waals surface area contributed by atoms with E-state index in [2.05, 4.69) is 0 Å². The third-order valence-electron chi connectivity index (χ3n) is 1.77. The number of rotatable bonds is 3. The van der Waals surface area contributed by atoms with Gasteiger partial charge in [-0.3, -0.25) is 0 Å². The first-order valence-electron chi connectivity index (χ1n) is 4.25. The van der Waals surface area contributed by atoms with E-state index in [9.17, 15) is 0 Å². The zero-order valence-corrected chi connectivity index (χ0v) is 8.20. The van der Waals surface area contributed by atoms with Gasteiger partial charge < -0.3 is 9.15 Å². The van der Waals surface area contributed by atoms with Crippen LogP contribution in [-0.4, -0.2) is 0 Å². The molecule has 0 radical (unpaired) electrons. The van der Waals surface area contributed by atoms with Crippen LogP contribution in [0.2, 0.25) is 5.02 Å². The molecule has 1 aromatic carbocycles. The van der Waals surface area contributed by atoms with Gasteiger partial charge in [0.15, 0.2) is 0 Å². The standard InChI is InChI=1S/C11H9ClO2/c12-9-3-5-10(6-4-9)14-8-11-2-1-7-13-11/h1-7H,8H2. The van der Waals surface area contributed by atoms with Gasteiger partial charge in [-0.1, -0.05) is 11.6 Å². The maximum absolute atomic E-state index is 5.74. The molecule has 0 aliphatic heterocycles. The molecule has 14 heavy (non-hydrogen) atoms. The van der Waals surface area contributed by atoms with Crippen molar-refractivity contribution in [2.45, 2.75) is 6.61 Å². The first-order valence-corrected chi connectivity index (χ1v) is 4.63. The fourth-order valence-electron chi connectivity index (χ4n) is 1.08. The Hall–Kier alpha value is -1.41. The summed E-state index contributed by atoms with van der Waals surface area (Å²) in [6.45, 7) is 0.439. The van der Waals surface area contributed by atoms with Crippen molar-refractivity contribution in [3.63, 3.8) is 0 Å². The van der Waals surface area contributed by atoms with E-state index in [0.29, 0.717) is 11.6 Å². The molecule has 72 valence electrons. The molecule has 0 spiro atoms. The molecule has 1 heterocycles. The van der Waals surface area contributed by atoms with Gasteiger partial charge in [-0.25, -0.2) is 0 Å². The molecular formula is C11H9ClO2. The second-order valence-corrected chi connectivity index (χ2v) is 3.26. The smallest absolute Gasteiger partial charge is 0.146 e. The van der Waals surface area contributed by atoms with Crippen molar-refractivity contribution in [2.75, 3.05) is 0 Å². The van der Waals surface area contributed by atoms with Gasteiger partial charge in [-0.05, 0) is 36.4 Å². The van der Waals surface area contributed by atoms with E-state index in [0.717, 1.165) is 11.5 Å². The van der Waals surface area contributed by atoms with Crippen molar-refractivity contribution in [2.24, 2.45) is 0 Å². The Morgan fingerprint density at radius 2 is 1.93 bits per heavy atom. The Balaban J connectivity index is 1.95. The average Bonchev–Trinajstić information content (AvgIpc) is 2.70. The van der Waals surface area contributed by atoms with Crippen LogP contribution >= 0.6 is 11.6 Å². The second-order valence-electron chi connectivity index (χ2n) is 2.82. The topological polar surface area (TPSA) is 22.4 Å². The Labute approximate surface area is 87.1 Å². The van der Waals surface area contributed by atoms with E-state index in [4.69, 9.17) is 20.8 Å². The molecule has 0 fully saturated rings. The van der Waals surface area contributed by atoms with E-state index in [1.807, 2.05) is 24.3 Å². The van der Waals surface area contributed by atoms with Crippen molar-refractivity contribution in [1.82, 2.24) is 0 Å². The highest BCUT2D eigenvalue weighted by Crippen LogP contribution is 2.16. The summed E-state index contributed by atoms with van der Waals surface area (Å²) >= 11 is 5.74. The summed E-state index contributed by atoms with van der Waals surface area (Å²) in [5.74, 6) is 1.59. The largest absolute Gasteiger partial charge is 0.486 e. The van der Waals surface area contributed by atoms with Gasteiger partial charge in [0.1, 0.15) is 18.1 Å². The molecule has 2 nitrogen and oxygen atoms in total. The predicted octanol–water partition coefficient (Wildman–Crippen LogP) is 3.51. The average molecular weight is 209 g/mol. The molecule has 1 aromatic heterocycles. The fraction of sp³-hybridized carbons (Fsp3) is 0.0909. The summed E-state index contributed by atoms with van der Waals surface area (Å²) in [6.07, 6.45) is 1.63. The molecule has 0 bridgehead atoms. The third kappa shape index (κ3) is 2.30. The molecule has 2 rings (SSSR count). The van der Waals surface area contributed by atoms with Gasteiger partial charge in [-0.2, -0.15) is 0 Å². The normalized spacial score (nSPS) is 10.1. The molecular weight excluding hydrogens is 200 g/mol. The Bertz CT molecular complexity index is 378. The zero-order chi connectivity index (χ0) is 9.80. The first kappa shape index (κ1) is 9.16. The van der Waals surface area contributed by atoms with Gasteiger partial charge in [0.05, 0.1) is 6.26 Å². The quantitative estimate of drug-likeness (QED) is 0.770. The molecule has 0 unspecified atom stereocenters. The molecule has 0 saturated heterocycles. The van der Waals surface area contributed by atoms with E-state index in [1.165, 1.54) is 0 Å². The molecule has 0 amide bonds. The van der Waals surface area contributed by atoms with Gasteiger partial charge in [-0.15, -0.1) is 0 Å². The van der Waals surface area contributed by atoms with Crippen LogP contribution in [0.15, 0.2) is 47.1 Å². The lowest BCUT2D eigenvalue weighted by atomic mass is 10.3. The van der Waals surface area contributed by atoms with Gasteiger partial charge in [0.2, 0.25) is 0 Å². The molecule has 0 atom stereocenters. The lowest BCUT2D eigenvalue weighted by Gasteiger charge is -2.03. The van der Waals surface area contributed by atoms with E-state index >= 15 is 0 Å². The minimum Gasteiger partial charge on any atom is -0.486 e. The Morgan fingerprint density at radius 1 is 1.14 bits per heavy atom. The molecule has 0 aliphatic carbocycles. The highest BCUT2D eigenvalue weighted by atomic mass is 35.5. The highest BCUT2D eigenvalue weighted by Gasteiger charge is 1.97. The van der Waals surface area contributed by atoms with Crippen LogP contribution in [-0.2, 0) is 6.61 Å². The molecule has 0 N–H and O–H groups in total. The maximum Gasteiger partial charge on any atom is 0.146 e. The number of ether oxygens (including phenoxy) is 1. The minimum absolute atomic E-state index is 0.439. The summed E-state index contributed by atoms with van der Waals surface area (Å²) in [5, 5.41) is 0.704.